The second-order valence-electron chi connectivity index (χ2n) is 2.24. The molecular formula is C6H4BrN5O. The van der Waals surface area contributed by atoms with Crippen LogP contribution in [0.1, 0.15) is 0 Å². The first kappa shape index (κ1) is 8.11. The Bertz CT molecular complexity index is 462. The molecule has 0 saturated heterocycles. The largest absolute Gasteiger partial charge is 0.303 e. The molecule has 0 atom stereocenters. The molecule has 0 fully saturated rings. The van der Waals surface area contributed by atoms with Gasteiger partial charge in [0.2, 0.25) is 0 Å². The predicted octanol–water partition coefficient (Wildman–Crippen LogP) is 0.317. The number of H-pyrrole nitrogens is 2. The first-order chi connectivity index (χ1) is 6.27. The first-order valence-electron chi connectivity index (χ1n) is 3.38. The first-order valence-corrected chi connectivity index (χ1v) is 4.17. The lowest BCUT2D eigenvalue weighted by molar-refractivity contribution is 1.04. The number of hydrogen-bond donors (Lipinski definition) is 2. The van der Waals surface area contributed by atoms with Crippen LogP contribution in [0.3, 0.4) is 0 Å². The van der Waals surface area contributed by atoms with Crippen LogP contribution in [0.15, 0.2) is 21.8 Å². The Kier molecular flexibility index (Phi) is 1.93. The Hall–Kier alpha value is -1.50. The molecule has 0 aliphatic rings. The molecule has 0 aliphatic carbocycles. The third-order valence-corrected chi connectivity index (χ3v) is 1.96. The second-order valence-corrected chi connectivity index (χ2v) is 3.10. The molecule has 0 unspecified atom stereocenters. The van der Waals surface area contributed by atoms with Crippen LogP contribution in [0.25, 0.3) is 11.6 Å². The number of rotatable bonds is 1. The second kappa shape index (κ2) is 3.09. The lowest BCUT2D eigenvalue weighted by Crippen LogP contribution is -2.09. The minimum Gasteiger partial charge on any atom is -0.303 e. The molecule has 7 heteroatoms. The molecule has 0 amide bonds. The van der Waals surface area contributed by atoms with Gasteiger partial charge < -0.3 is 4.98 Å². The van der Waals surface area contributed by atoms with Gasteiger partial charge in [0.25, 0.3) is 5.56 Å². The van der Waals surface area contributed by atoms with Crippen molar-refractivity contribution in [2.24, 2.45) is 0 Å². The zero-order chi connectivity index (χ0) is 9.26. The summed E-state index contributed by atoms with van der Waals surface area (Å²) >= 11 is 3.04. The molecule has 0 aliphatic heterocycles. The van der Waals surface area contributed by atoms with Crippen molar-refractivity contribution < 1.29 is 0 Å². The third kappa shape index (κ3) is 1.50. The number of aromatic nitrogens is 5. The summed E-state index contributed by atoms with van der Waals surface area (Å²) in [5.74, 6) is 0.801. The van der Waals surface area contributed by atoms with Gasteiger partial charge in [-0.1, -0.05) is 0 Å². The summed E-state index contributed by atoms with van der Waals surface area (Å²) in [6.07, 6.45) is 2.76. The molecule has 0 spiro atoms. The third-order valence-electron chi connectivity index (χ3n) is 1.40. The summed E-state index contributed by atoms with van der Waals surface area (Å²) < 4.78 is 0.385. The standard InChI is InChI=1S/C6H4BrN5O/c7-3-1-8-4(11-6(3)13)5-9-2-10-12-5/h1-2H,(H,8,11,13)(H,9,10,12). The molecule has 2 heterocycles. The van der Waals surface area contributed by atoms with Crippen LogP contribution in [0.4, 0.5) is 0 Å². The van der Waals surface area contributed by atoms with Crippen molar-refractivity contribution in [2.45, 2.75) is 0 Å². The van der Waals surface area contributed by atoms with Gasteiger partial charge in [0, 0.05) is 6.20 Å². The van der Waals surface area contributed by atoms with Gasteiger partial charge in [-0.2, -0.15) is 5.10 Å². The van der Waals surface area contributed by atoms with Gasteiger partial charge >= 0.3 is 0 Å². The van der Waals surface area contributed by atoms with E-state index in [-0.39, 0.29) is 5.56 Å². The van der Waals surface area contributed by atoms with Crippen LogP contribution in [0.2, 0.25) is 0 Å². The summed E-state index contributed by atoms with van der Waals surface area (Å²) in [6, 6.07) is 0. The Morgan fingerprint density at radius 2 is 2.15 bits per heavy atom. The molecule has 2 N–H and O–H groups in total. The number of nitrogens with one attached hydrogen (secondary N) is 2. The van der Waals surface area contributed by atoms with Crippen LogP contribution in [0.5, 0.6) is 0 Å². The van der Waals surface area contributed by atoms with E-state index in [0.29, 0.717) is 16.1 Å². The average molecular weight is 242 g/mol. The summed E-state index contributed by atoms with van der Waals surface area (Å²) in [5, 5.41) is 6.23. The zero-order valence-electron chi connectivity index (χ0n) is 6.28. The van der Waals surface area contributed by atoms with Crippen LogP contribution in [-0.2, 0) is 0 Å². The van der Waals surface area contributed by atoms with Gasteiger partial charge in [-0.25, -0.2) is 9.97 Å². The van der Waals surface area contributed by atoms with E-state index >= 15 is 0 Å². The highest BCUT2D eigenvalue weighted by molar-refractivity contribution is 9.10. The molecule has 6 nitrogen and oxygen atoms in total. The Morgan fingerprint density at radius 1 is 1.31 bits per heavy atom. The SMILES string of the molecule is O=c1[nH]c(-c2ncn[nH]2)ncc1Br. The van der Waals surface area contributed by atoms with Gasteiger partial charge in [-0.3, -0.25) is 9.89 Å². The van der Waals surface area contributed by atoms with E-state index in [2.05, 4.69) is 41.1 Å². The van der Waals surface area contributed by atoms with E-state index in [9.17, 15) is 4.79 Å². The van der Waals surface area contributed by atoms with E-state index < -0.39 is 0 Å². The molecule has 0 saturated carbocycles. The Morgan fingerprint density at radius 3 is 2.77 bits per heavy atom. The fourth-order valence-electron chi connectivity index (χ4n) is 0.819. The number of hydrogen-bond acceptors (Lipinski definition) is 4. The number of nitrogens with zero attached hydrogens (tertiary/aromatic N) is 3. The van der Waals surface area contributed by atoms with Gasteiger partial charge in [0.15, 0.2) is 11.6 Å². The van der Waals surface area contributed by atoms with Crippen LogP contribution >= 0.6 is 15.9 Å². The maximum atomic E-state index is 11.1. The zero-order valence-corrected chi connectivity index (χ0v) is 7.87. The average Bonchev–Trinajstić information content (AvgIpc) is 2.62. The number of aromatic amines is 2. The molecule has 0 radical (unpaired) electrons. The molecule has 2 rings (SSSR count). The Balaban J connectivity index is 2.55. The van der Waals surface area contributed by atoms with Crippen molar-refractivity contribution >= 4 is 15.9 Å². The smallest absolute Gasteiger partial charge is 0.265 e. The van der Waals surface area contributed by atoms with E-state index in [1.54, 1.807) is 0 Å². The van der Waals surface area contributed by atoms with Crippen LogP contribution in [0, 0.1) is 0 Å². The van der Waals surface area contributed by atoms with E-state index in [4.69, 9.17) is 0 Å². The molecule has 66 valence electrons. The number of halogens is 1. The fourth-order valence-corrected chi connectivity index (χ4v) is 1.02. The van der Waals surface area contributed by atoms with Crippen molar-refractivity contribution in [3.8, 4) is 11.6 Å². The molecule has 2 aromatic heterocycles. The van der Waals surface area contributed by atoms with Crippen LogP contribution in [-0.4, -0.2) is 25.1 Å². The lowest BCUT2D eigenvalue weighted by Gasteiger charge is -1.93. The highest BCUT2D eigenvalue weighted by Gasteiger charge is 2.04. The van der Waals surface area contributed by atoms with Gasteiger partial charge in [-0.05, 0) is 15.9 Å². The maximum absolute atomic E-state index is 11.1. The highest BCUT2D eigenvalue weighted by Crippen LogP contribution is 2.06. The van der Waals surface area contributed by atoms with Gasteiger partial charge in [0.05, 0.1) is 0 Å². The van der Waals surface area contributed by atoms with Gasteiger partial charge in [0.1, 0.15) is 10.8 Å². The monoisotopic (exact) mass is 241 g/mol. The normalized spacial score (nSPS) is 10.2. The van der Waals surface area contributed by atoms with Crippen molar-refractivity contribution in [3.63, 3.8) is 0 Å². The van der Waals surface area contributed by atoms with Crippen molar-refractivity contribution in [1.29, 1.82) is 0 Å². The van der Waals surface area contributed by atoms with Crippen LogP contribution < -0.4 is 5.56 Å². The van der Waals surface area contributed by atoms with E-state index in [1.807, 2.05) is 0 Å². The summed E-state index contributed by atoms with van der Waals surface area (Å²) in [6.45, 7) is 0. The summed E-state index contributed by atoms with van der Waals surface area (Å²) in [4.78, 5) is 21.4. The molecular weight excluding hydrogens is 238 g/mol. The molecule has 2 aromatic rings. The Labute approximate surface area is 80.6 Å². The molecule has 0 aromatic carbocycles. The van der Waals surface area contributed by atoms with Crippen molar-refractivity contribution in [1.82, 2.24) is 25.1 Å². The topological polar surface area (TPSA) is 87.3 Å². The molecule has 13 heavy (non-hydrogen) atoms. The minimum absolute atomic E-state index is 0.249. The summed E-state index contributed by atoms with van der Waals surface area (Å²) in [7, 11) is 0. The van der Waals surface area contributed by atoms with Crippen molar-refractivity contribution in [2.75, 3.05) is 0 Å². The minimum atomic E-state index is -0.249. The quantitative estimate of drug-likeness (QED) is 0.753. The summed E-state index contributed by atoms with van der Waals surface area (Å²) in [5.41, 5.74) is -0.249. The highest BCUT2D eigenvalue weighted by atomic mass is 79.9. The lowest BCUT2D eigenvalue weighted by atomic mass is 10.5. The fraction of sp³-hybridized carbons (Fsp3) is 0. The van der Waals surface area contributed by atoms with Crippen molar-refractivity contribution in [3.05, 3.63) is 27.4 Å². The van der Waals surface area contributed by atoms with E-state index in [0.717, 1.165) is 0 Å². The maximum Gasteiger partial charge on any atom is 0.265 e. The molecule has 0 bridgehead atoms. The van der Waals surface area contributed by atoms with Gasteiger partial charge in [-0.15, -0.1) is 0 Å². The van der Waals surface area contributed by atoms with E-state index in [1.165, 1.54) is 12.5 Å². The predicted molar refractivity (Wildman–Crippen MR) is 47.9 cm³/mol.